The summed E-state index contributed by atoms with van der Waals surface area (Å²) < 4.78 is 6.00. The zero-order chi connectivity index (χ0) is 37.2. The first kappa shape index (κ1) is 35.1. The van der Waals surface area contributed by atoms with Crippen LogP contribution in [0.5, 0.6) is 5.75 Å². The molecule has 0 radical (unpaired) electrons. The molecule has 0 aliphatic carbocycles. The summed E-state index contributed by atoms with van der Waals surface area (Å²) >= 11 is 0. The molecule has 1 saturated heterocycles. The van der Waals surface area contributed by atoms with Crippen LogP contribution in [0.2, 0.25) is 0 Å². The molecule has 2 heterocycles. The summed E-state index contributed by atoms with van der Waals surface area (Å²) in [5.41, 5.74) is 3.36. The molecule has 5 aromatic rings. The second kappa shape index (κ2) is 14.7. The highest BCUT2D eigenvalue weighted by Gasteiger charge is 2.42. The van der Waals surface area contributed by atoms with Crippen LogP contribution in [0.3, 0.4) is 0 Å². The molecule has 268 valence electrons. The van der Waals surface area contributed by atoms with Crippen molar-refractivity contribution in [3.8, 4) is 5.75 Å². The van der Waals surface area contributed by atoms with Crippen LogP contribution in [0.4, 0.5) is 5.69 Å². The van der Waals surface area contributed by atoms with Crippen LogP contribution in [0.25, 0.3) is 21.5 Å². The molecule has 2 aliphatic rings. The Hall–Kier alpha value is -6.36. The maximum atomic E-state index is 13.6. The molecule has 53 heavy (non-hydrogen) atoms. The number of piperidine rings is 1. The number of nitrogens with one attached hydrogen (secondary N) is 3. The fraction of sp³-hybridized carbons (Fsp3) is 0.238. The lowest BCUT2D eigenvalue weighted by Crippen LogP contribution is -2.57. The zero-order valence-electron chi connectivity index (χ0n) is 29.4. The SMILES string of the molecule is Cc1ccc(NC(=O)CCCCOc2cc3c4c(cccc4c2)C(=O)N([C@@H]2CCC(=O)NC2=O)C3=O)cc1C(=O)N[C@H](C)c1cccc2ccccc12. The van der Waals surface area contributed by atoms with E-state index in [1.165, 1.54) is 0 Å². The lowest BCUT2D eigenvalue weighted by molar-refractivity contribution is -0.136. The van der Waals surface area contributed by atoms with Gasteiger partial charge in [-0.3, -0.25) is 39.0 Å². The third-order valence-electron chi connectivity index (χ3n) is 9.84. The van der Waals surface area contributed by atoms with Crippen molar-refractivity contribution in [2.24, 2.45) is 0 Å². The molecular weight excluding hydrogens is 672 g/mol. The van der Waals surface area contributed by atoms with Crippen LogP contribution in [0.15, 0.2) is 91.0 Å². The van der Waals surface area contributed by atoms with Gasteiger partial charge in [0, 0.05) is 35.0 Å². The summed E-state index contributed by atoms with van der Waals surface area (Å²) in [6.45, 7) is 4.08. The number of imide groups is 2. The van der Waals surface area contributed by atoms with Gasteiger partial charge < -0.3 is 15.4 Å². The first-order valence-corrected chi connectivity index (χ1v) is 17.7. The number of rotatable bonds is 11. The first-order chi connectivity index (χ1) is 25.6. The molecule has 11 nitrogen and oxygen atoms in total. The molecule has 0 bridgehead atoms. The van der Waals surface area contributed by atoms with Crippen LogP contribution in [-0.2, 0) is 14.4 Å². The number of carbonyl (C=O) groups is 6. The van der Waals surface area contributed by atoms with Crippen molar-refractivity contribution < 1.29 is 33.5 Å². The summed E-state index contributed by atoms with van der Waals surface area (Å²) in [4.78, 5) is 78.5. The molecule has 7 rings (SSSR count). The highest BCUT2D eigenvalue weighted by atomic mass is 16.5. The summed E-state index contributed by atoms with van der Waals surface area (Å²) in [6, 6.07) is 26.5. The molecule has 6 amide bonds. The van der Waals surface area contributed by atoms with E-state index in [9.17, 15) is 28.8 Å². The van der Waals surface area contributed by atoms with Gasteiger partial charge in [-0.1, -0.05) is 60.7 Å². The second-order valence-corrected chi connectivity index (χ2v) is 13.5. The molecule has 2 aliphatic heterocycles. The predicted octanol–water partition coefficient (Wildman–Crippen LogP) is 6.38. The minimum Gasteiger partial charge on any atom is -0.494 e. The van der Waals surface area contributed by atoms with Crippen molar-refractivity contribution in [1.82, 2.24) is 15.5 Å². The number of hydrogen-bond acceptors (Lipinski definition) is 7. The lowest BCUT2D eigenvalue weighted by atomic mass is 9.91. The highest BCUT2D eigenvalue weighted by molar-refractivity contribution is 6.27. The van der Waals surface area contributed by atoms with E-state index in [4.69, 9.17) is 4.74 Å². The molecule has 11 heteroatoms. The number of benzene rings is 5. The Morgan fingerprint density at radius 2 is 1.62 bits per heavy atom. The van der Waals surface area contributed by atoms with Gasteiger partial charge in [-0.2, -0.15) is 0 Å². The van der Waals surface area contributed by atoms with Gasteiger partial charge in [0.15, 0.2) is 0 Å². The maximum Gasteiger partial charge on any atom is 0.262 e. The Morgan fingerprint density at radius 1 is 0.868 bits per heavy atom. The predicted molar refractivity (Wildman–Crippen MR) is 200 cm³/mol. The van der Waals surface area contributed by atoms with Gasteiger partial charge in [-0.25, -0.2) is 0 Å². The van der Waals surface area contributed by atoms with Gasteiger partial charge in [-0.05, 0) is 90.7 Å². The molecule has 0 spiro atoms. The molecular formula is C42H38N4O7. The fourth-order valence-electron chi connectivity index (χ4n) is 7.12. The van der Waals surface area contributed by atoms with E-state index >= 15 is 0 Å². The van der Waals surface area contributed by atoms with Crippen molar-refractivity contribution in [3.05, 3.63) is 119 Å². The van der Waals surface area contributed by atoms with Gasteiger partial charge in [0.1, 0.15) is 11.8 Å². The minimum absolute atomic E-state index is 0.0292. The maximum absolute atomic E-state index is 13.6. The normalized spacial score (nSPS) is 16.0. The van der Waals surface area contributed by atoms with Crippen molar-refractivity contribution in [1.29, 1.82) is 0 Å². The van der Waals surface area contributed by atoms with Crippen LogP contribution in [0.1, 0.15) is 87.3 Å². The minimum atomic E-state index is -1.08. The molecule has 0 unspecified atom stereocenters. The van der Waals surface area contributed by atoms with Gasteiger partial charge in [0.05, 0.1) is 18.2 Å². The third kappa shape index (κ3) is 7.10. The van der Waals surface area contributed by atoms with Gasteiger partial charge in [0.2, 0.25) is 17.7 Å². The van der Waals surface area contributed by atoms with Crippen LogP contribution in [0, 0.1) is 6.92 Å². The number of amides is 6. The average molecular weight is 711 g/mol. The van der Waals surface area contributed by atoms with Gasteiger partial charge >= 0.3 is 0 Å². The van der Waals surface area contributed by atoms with E-state index < -0.39 is 29.7 Å². The standard InChI is InChI=1S/C42H38N4O7/c1-24-16-17-28(22-33(24)39(49)43-25(2)30-13-7-10-26-9-3-4-12-31(26)30)44-36(47)15-5-6-20-53-29-21-27-11-8-14-32-38(27)34(23-29)42(52)46(41(32)51)35-18-19-37(48)45-40(35)50/h3-4,7-14,16-17,21-23,25,35H,5-6,15,18-20H2,1-2H3,(H,43,49)(H,44,47)(H,45,48,50)/t25-,35-/m1/s1. The van der Waals surface area contributed by atoms with E-state index in [1.807, 2.05) is 62.4 Å². The van der Waals surface area contributed by atoms with Gasteiger partial charge in [-0.15, -0.1) is 0 Å². The number of unbranched alkanes of at least 4 members (excludes halogenated alkanes) is 1. The zero-order valence-corrected chi connectivity index (χ0v) is 29.4. The molecule has 0 saturated carbocycles. The topological polar surface area (TPSA) is 151 Å². The Labute approximate surface area is 305 Å². The highest BCUT2D eigenvalue weighted by Crippen LogP contribution is 2.35. The van der Waals surface area contributed by atoms with E-state index in [0.717, 1.165) is 26.8 Å². The smallest absolute Gasteiger partial charge is 0.262 e. The Kier molecular flexibility index (Phi) is 9.73. The number of anilines is 1. The van der Waals surface area contributed by atoms with Crippen molar-refractivity contribution in [2.75, 3.05) is 11.9 Å². The van der Waals surface area contributed by atoms with E-state index in [0.29, 0.717) is 46.2 Å². The quantitative estimate of drug-likeness (QED) is 0.106. The van der Waals surface area contributed by atoms with E-state index in [2.05, 4.69) is 16.0 Å². The Morgan fingerprint density at radius 3 is 2.45 bits per heavy atom. The monoisotopic (exact) mass is 710 g/mol. The number of ether oxygens (including phenoxy) is 1. The number of nitrogens with zero attached hydrogens (tertiary/aromatic N) is 1. The lowest BCUT2D eigenvalue weighted by Gasteiger charge is -2.34. The number of carbonyl (C=O) groups excluding carboxylic acids is 6. The summed E-state index contributed by atoms with van der Waals surface area (Å²) in [5, 5.41) is 11.5. The third-order valence-corrected chi connectivity index (χ3v) is 9.84. The van der Waals surface area contributed by atoms with E-state index in [-0.39, 0.29) is 49.3 Å². The molecule has 1 fully saturated rings. The Balaban J connectivity index is 0.939. The summed E-state index contributed by atoms with van der Waals surface area (Å²) in [6.07, 6.45) is 1.38. The number of hydrogen-bond donors (Lipinski definition) is 3. The van der Waals surface area contributed by atoms with E-state index in [1.54, 1.807) is 42.5 Å². The van der Waals surface area contributed by atoms with Crippen LogP contribution in [-0.4, -0.2) is 53.0 Å². The van der Waals surface area contributed by atoms with Crippen LogP contribution < -0.4 is 20.7 Å². The summed E-state index contributed by atoms with van der Waals surface area (Å²) in [5.74, 6) is -2.32. The molecule has 0 aromatic heterocycles. The molecule has 3 N–H and O–H groups in total. The van der Waals surface area contributed by atoms with Crippen molar-refractivity contribution >= 4 is 62.7 Å². The van der Waals surface area contributed by atoms with Gasteiger partial charge in [0.25, 0.3) is 17.7 Å². The summed E-state index contributed by atoms with van der Waals surface area (Å²) in [7, 11) is 0. The largest absolute Gasteiger partial charge is 0.494 e. The Bertz CT molecular complexity index is 2330. The molecule has 2 atom stereocenters. The first-order valence-electron chi connectivity index (χ1n) is 17.7. The van der Waals surface area contributed by atoms with Crippen molar-refractivity contribution in [3.63, 3.8) is 0 Å². The fourth-order valence-corrected chi connectivity index (χ4v) is 7.12. The van der Waals surface area contributed by atoms with Crippen LogP contribution >= 0.6 is 0 Å². The average Bonchev–Trinajstić information content (AvgIpc) is 3.14. The number of fused-ring (bicyclic) bond motifs is 1. The number of aryl methyl sites for hydroxylation is 1. The molecule has 5 aromatic carbocycles. The second-order valence-electron chi connectivity index (χ2n) is 13.5. The van der Waals surface area contributed by atoms with Crippen molar-refractivity contribution in [2.45, 2.75) is 58.0 Å².